The lowest BCUT2D eigenvalue weighted by molar-refractivity contribution is -0.158. The molecule has 0 radical (unpaired) electrons. The van der Waals surface area contributed by atoms with Gasteiger partial charge in [-0.25, -0.2) is 10.6 Å². The van der Waals surface area contributed by atoms with Crippen molar-refractivity contribution in [1.29, 1.82) is 0 Å². The average Bonchev–Trinajstić information content (AvgIpc) is 3.14. The van der Waals surface area contributed by atoms with Crippen LogP contribution in [0.15, 0.2) is 48.5 Å². The number of aromatic amines is 1. The highest BCUT2D eigenvalue weighted by molar-refractivity contribution is 5.97. The third-order valence-electron chi connectivity index (χ3n) is 5.94. The Kier molecular flexibility index (Phi) is 4.11. The summed E-state index contributed by atoms with van der Waals surface area (Å²) in [4.78, 5) is 42.7. The number of amides is 2. The number of nitrogens with two attached hydrogens (primary N) is 1. The number of para-hydroxylation sites is 1. The molecule has 8 heteroatoms. The Labute approximate surface area is 172 Å². The number of rotatable bonds is 2. The van der Waals surface area contributed by atoms with E-state index in [2.05, 4.69) is 4.98 Å². The fraction of sp³-hybridized carbons (Fsp3) is 0.227. The summed E-state index contributed by atoms with van der Waals surface area (Å²) in [7, 11) is 1.33. The van der Waals surface area contributed by atoms with Crippen molar-refractivity contribution < 1.29 is 19.1 Å². The van der Waals surface area contributed by atoms with E-state index in [0.29, 0.717) is 12.0 Å². The molecule has 30 heavy (non-hydrogen) atoms. The molecule has 0 spiro atoms. The molecule has 0 bridgehead atoms. The van der Waals surface area contributed by atoms with E-state index in [1.807, 2.05) is 24.3 Å². The Morgan fingerprint density at radius 1 is 1.13 bits per heavy atom. The number of nitrogens with one attached hydrogen (secondary N) is 1. The maximum Gasteiger partial charge on any atom is 0.337 e. The Morgan fingerprint density at radius 2 is 1.87 bits per heavy atom. The molecule has 5 rings (SSSR count). The van der Waals surface area contributed by atoms with Crippen molar-refractivity contribution in [1.82, 2.24) is 14.9 Å². The first-order valence-corrected chi connectivity index (χ1v) is 9.64. The third-order valence-corrected chi connectivity index (χ3v) is 5.94. The summed E-state index contributed by atoms with van der Waals surface area (Å²) in [5, 5.41) is 2.03. The van der Waals surface area contributed by atoms with E-state index in [0.717, 1.165) is 32.7 Å². The summed E-state index contributed by atoms with van der Waals surface area (Å²) in [6.07, 6.45) is 0.397. The van der Waals surface area contributed by atoms with Crippen LogP contribution in [0, 0.1) is 0 Å². The Balaban J connectivity index is 1.70. The number of benzene rings is 2. The number of hydrazine groups is 1. The zero-order valence-corrected chi connectivity index (χ0v) is 16.3. The maximum absolute atomic E-state index is 13.0. The van der Waals surface area contributed by atoms with Gasteiger partial charge in [-0.1, -0.05) is 30.3 Å². The van der Waals surface area contributed by atoms with E-state index in [9.17, 15) is 14.4 Å². The molecule has 2 aliphatic heterocycles. The first-order chi connectivity index (χ1) is 14.5. The standard InChI is InChI=1S/C22H20N4O4/c1-30-22(29)13-8-6-12(7-9-13)20-19-15(14-4-2-3-5-16(14)24-19)10-17-21(28)25(23)11-18(27)26(17)20/h2-9,17,20,24H,10-11,23H2,1H3. The van der Waals surface area contributed by atoms with Gasteiger partial charge >= 0.3 is 5.97 Å². The number of methoxy groups -OCH3 is 1. The SMILES string of the molecule is COC(=O)c1ccc(C2c3[nH]c4ccccc4c3CC3C(=O)N(N)CC(=O)N32)cc1. The second-order valence-electron chi connectivity index (χ2n) is 7.57. The van der Waals surface area contributed by atoms with Crippen LogP contribution in [-0.2, 0) is 20.7 Å². The summed E-state index contributed by atoms with van der Waals surface area (Å²) in [6, 6.07) is 13.6. The Bertz CT molecular complexity index is 1180. The second kappa shape index (κ2) is 6.70. The third kappa shape index (κ3) is 2.61. The van der Waals surface area contributed by atoms with Crippen LogP contribution in [0.2, 0.25) is 0 Å². The number of ether oxygens (including phenoxy) is 1. The van der Waals surface area contributed by atoms with E-state index < -0.39 is 18.1 Å². The molecule has 1 saturated heterocycles. The van der Waals surface area contributed by atoms with E-state index in [1.165, 1.54) is 7.11 Å². The van der Waals surface area contributed by atoms with Crippen LogP contribution < -0.4 is 5.84 Å². The van der Waals surface area contributed by atoms with Gasteiger partial charge in [-0.2, -0.15) is 0 Å². The molecule has 3 N–H and O–H groups in total. The molecule has 2 unspecified atom stereocenters. The molecule has 2 amide bonds. The number of aromatic nitrogens is 1. The van der Waals surface area contributed by atoms with Gasteiger partial charge in [-0.15, -0.1) is 0 Å². The number of H-pyrrole nitrogens is 1. The maximum atomic E-state index is 13.0. The number of piperazine rings is 1. The summed E-state index contributed by atoms with van der Waals surface area (Å²) in [5.41, 5.74) is 4.05. The van der Waals surface area contributed by atoms with Crippen LogP contribution in [0.4, 0.5) is 0 Å². The monoisotopic (exact) mass is 404 g/mol. The van der Waals surface area contributed by atoms with E-state index in [-0.39, 0.29) is 18.4 Å². The van der Waals surface area contributed by atoms with Crippen LogP contribution >= 0.6 is 0 Å². The first kappa shape index (κ1) is 18.4. The summed E-state index contributed by atoms with van der Waals surface area (Å²) >= 11 is 0. The van der Waals surface area contributed by atoms with E-state index in [1.54, 1.807) is 29.2 Å². The number of hydrogen-bond acceptors (Lipinski definition) is 5. The molecule has 3 aromatic rings. The molecule has 8 nitrogen and oxygen atoms in total. The highest BCUT2D eigenvalue weighted by Crippen LogP contribution is 2.42. The number of carbonyl (C=O) groups is 3. The molecule has 2 aromatic carbocycles. The number of carbonyl (C=O) groups excluding carboxylic acids is 3. The molecular formula is C22H20N4O4. The normalized spacial score (nSPS) is 20.9. The number of hydrogen-bond donors (Lipinski definition) is 2. The molecular weight excluding hydrogens is 384 g/mol. The van der Waals surface area contributed by atoms with E-state index in [4.69, 9.17) is 10.6 Å². The van der Waals surface area contributed by atoms with Gasteiger partial charge in [-0.05, 0) is 29.3 Å². The van der Waals surface area contributed by atoms with Gasteiger partial charge in [0.1, 0.15) is 12.6 Å². The van der Waals surface area contributed by atoms with Crippen LogP contribution in [0.1, 0.15) is 33.2 Å². The van der Waals surface area contributed by atoms with Crippen molar-refractivity contribution in [2.75, 3.05) is 13.7 Å². The van der Waals surface area contributed by atoms with Crippen LogP contribution in [0.3, 0.4) is 0 Å². The number of nitrogens with zero attached hydrogens (tertiary/aromatic N) is 2. The molecule has 1 fully saturated rings. The molecule has 2 aliphatic rings. The van der Waals surface area contributed by atoms with Crippen molar-refractivity contribution >= 4 is 28.7 Å². The predicted octanol–water partition coefficient (Wildman–Crippen LogP) is 1.51. The van der Waals surface area contributed by atoms with Crippen molar-refractivity contribution in [2.45, 2.75) is 18.5 Å². The van der Waals surface area contributed by atoms with Crippen molar-refractivity contribution in [3.8, 4) is 0 Å². The quantitative estimate of drug-likeness (QED) is 0.382. The zero-order valence-electron chi connectivity index (χ0n) is 16.3. The zero-order chi connectivity index (χ0) is 21.0. The molecule has 152 valence electrons. The minimum Gasteiger partial charge on any atom is -0.465 e. The highest BCUT2D eigenvalue weighted by Gasteiger charge is 2.47. The van der Waals surface area contributed by atoms with Gasteiger partial charge in [0.05, 0.1) is 18.7 Å². The van der Waals surface area contributed by atoms with Crippen LogP contribution in [0.25, 0.3) is 10.9 Å². The average molecular weight is 404 g/mol. The van der Waals surface area contributed by atoms with Crippen molar-refractivity contribution in [2.24, 2.45) is 5.84 Å². The molecule has 1 aromatic heterocycles. The number of esters is 1. The lowest BCUT2D eigenvalue weighted by Crippen LogP contribution is -2.64. The second-order valence-corrected chi connectivity index (χ2v) is 7.57. The van der Waals surface area contributed by atoms with E-state index >= 15 is 0 Å². The number of fused-ring (bicyclic) bond motifs is 4. The van der Waals surface area contributed by atoms with Gasteiger partial charge in [-0.3, -0.25) is 14.6 Å². The van der Waals surface area contributed by atoms with Crippen LogP contribution in [0.5, 0.6) is 0 Å². The highest BCUT2D eigenvalue weighted by atomic mass is 16.5. The molecule has 0 saturated carbocycles. The minimum absolute atomic E-state index is 0.165. The molecule has 0 aliphatic carbocycles. The smallest absolute Gasteiger partial charge is 0.337 e. The fourth-order valence-corrected chi connectivity index (χ4v) is 4.55. The fourth-order valence-electron chi connectivity index (χ4n) is 4.55. The lowest BCUT2D eigenvalue weighted by atomic mass is 9.86. The summed E-state index contributed by atoms with van der Waals surface area (Å²) in [5.74, 6) is 4.89. The minimum atomic E-state index is -0.673. The first-order valence-electron chi connectivity index (χ1n) is 9.64. The van der Waals surface area contributed by atoms with Gasteiger partial charge < -0.3 is 14.6 Å². The van der Waals surface area contributed by atoms with Gasteiger partial charge in [0.2, 0.25) is 5.91 Å². The topological polar surface area (TPSA) is 109 Å². The largest absolute Gasteiger partial charge is 0.465 e. The van der Waals surface area contributed by atoms with Gasteiger partial charge in [0.15, 0.2) is 0 Å². The van der Waals surface area contributed by atoms with Crippen LogP contribution in [-0.4, -0.2) is 52.4 Å². The summed E-state index contributed by atoms with van der Waals surface area (Å²) in [6.45, 7) is -0.165. The molecule has 3 heterocycles. The lowest BCUT2D eigenvalue weighted by Gasteiger charge is -2.46. The Hall–Kier alpha value is -3.65. The molecule has 2 atom stereocenters. The van der Waals surface area contributed by atoms with Crippen molar-refractivity contribution in [3.63, 3.8) is 0 Å². The van der Waals surface area contributed by atoms with Crippen molar-refractivity contribution in [3.05, 3.63) is 70.9 Å². The van der Waals surface area contributed by atoms with Gasteiger partial charge in [0, 0.05) is 23.0 Å². The Morgan fingerprint density at radius 3 is 2.60 bits per heavy atom. The summed E-state index contributed by atoms with van der Waals surface area (Å²) < 4.78 is 4.77. The van der Waals surface area contributed by atoms with Gasteiger partial charge in [0.25, 0.3) is 5.91 Å². The predicted molar refractivity (Wildman–Crippen MR) is 108 cm³/mol.